The van der Waals surface area contributed by atoms with E-state index in [0.717, 1.165) is 29.4 Å². The van der Waals surface area contributed by atoms with Crippen LogP contribution in [-0.4, -0.2) is 29.8 Å². The predicted octanol–water partition coefficient (Wildman–Crippen LogP) is 4.59. The number of nitrogens with one attached hydrogen (secondary N) is 1. The third kappa shape index (κ3) is 4.65. The van der Waals surface area contributed by atoms with Crippen LogP contribution in [0.5, 0.6) is 0 Å². The van der Waals surface area contributed by atoms with Crippen molar-refractivity contribution in [3.8, 4) is 0 Å². The molecule has 0 aromatic heterocycles. The highest BCUT2D eigenvalue weighted by Crippen LogP contribution is 2.32. The first-order chi connectivity index (χ1) is 12.5. The molecule has 0 aliphatic carbocycles. The lowest BCUT2D eigenvalue weighted by atomic mass is 10.0. The molecule has 0 spiro atoms. The number of hydrogen-bond donors (Lipinski definition) is 1. The fourth-order valence-corrected chi connectivity index (χ4v) is 3.62. The van der Waals surface area contributed by atoms with Gasteiger partial charge in [-0.2, -0.15) is 0 Å². The molecule has 26 heavy (non-hydrogen) atoms. The summed E-state index contributed by atoms with van der Waals surface area (Å²) in [5, 5.41) is 3.39. The van der Waals surface area contributed by atoms with Crippen LogP contribution in [0.1, 0.15) is 41.2 Å². The lowest BCUT2D eigenvalue weighted by Crippen LogP contribution is -2.34. The van der Waals surface area contributed by atoms with Crippen molar-refractivity contribution in [2.24, 2.45) is 0 Å². The summed E-state index contributed by atoms with van der Waals surface area (Å²) in [5.41, 5.74) is 1.69. The van der Waals surface area contributed by atoms with Crippen molar-refractivity contribution in [3.63, 3.8) is 0 Å². The number of carbonyl (C=O) groups excluding carboxylic acids is 2. The third-order valence-electron chi connectivity index (χ3n) is 4.56. The second kappa shape index (κ2) is 8.69. The number of amides is 2. The summed E-state index contributed by atoms with van der Waals surface area (Å²) in [6, 6.07) is 14.9. The number of halogens is 2. The Morgan fingerprint density at radius 2 is 1.81 bits per heavy atom. The molecule has 1 saturated heterocycles. The van der Waals surface area contributed by atoms with Crippen LogP contribution in [0.2, 0.25) is 5.02 Å². The Bertz CT molecular complexity index is 777. The van der Waals surface area contributed by atoms with Gasteiger partial charge in [-0.05, 0) is 54.8 Å². The van der Waals surface area contributed by atoms with E-state index in [0.29, 0.717) is 23.6 Å². The summed E-state index contributed by atoms with van der Waals surface area (Å²) in [6.45, 7) is 1.09. The van der Waals surface area contributed by atoms with Crippen molar-refractivity contribution in [1.82, 2.24) is 10.2 Å². The molecule has 0 bridgehead atoms. The molecule has 2 aromatic rings. The van der Waals surface area contributed by atoms with Gasteiger partial charge in [0, 0.05) is 34.6 Å². The molecule has 2 amide bonds. The zero-order valence-corrected chi connectivity index (χ0v) is 16.6. The summed E-state index contributed by atoms with van der Waals surface area (Å²) in [4.78, 5) is 26.6. The summed E-state index contributed by atoms with van der Waals surface area (Å²) in [6.07, 6.45) is 2.28. The summed E-state index contributed by atoms with van der Waals surface area (Å²) < 4.78 is 1.03. The van der Waals surface area contributed by atoms with Gasteiger partial charge in [-0.3, -0.25) is 9.59 Å². The van der Waals surface area contributed by atoms with Crippen LogP contribution in [0.25, 0.3) is 0 Å². The Morgan fingerprint density at radius 1 is 1.12 bits per heavy atom. The number of rotatable bonds is 5. The second-order valence-corrected chi connectivity index (χ2v) is 7.66. The van der Waals surface area contributed by atoms with E-state index in [9.17, 15) is 9.59 Å². The molecule has 6 heteroatoms. The lowest BCUT2D eigenvalue weighted by Gasteiger charge is -2.25. The highest BCUT2D eigenvalue weighted by Gasteiger charge is 2.29. The van der Waals surface area contributed by atoms with Crippen LogP contribution in [-0.2, 0) is 4.79 Å². The fourth-order valence-electron chi connectivity index (χ4n) is 3.23. The van der Waals surface area contributed by atoms with Gasteiger partial charge >= 0.3 is 0 Å². The van der Waals surface area contributed by atoms with Crippen molar-refractivity contribution in [1.29, 1.82) is 0 Å². The zero-order valence-electron chi connectivity index (χ0n) is 14.3. The number of benzene rings is 2. The molecule has 1 aliphatic rings. The van der Waals surface area contributed by atoms with Crippen molar-refractivity contribution in [2.75, 3.05) is 13.1 Å². The third-order valence-corrected chi connectivity index (χ3v) is 5.34. The van der Waals surface area contributed by atoms with Crippen molar-refractivity contribution < 1.29 is 9.59 Å². The van der Waals surface area contributed by atoms with Gasteiger partial charge in [-0.25, -0.2) is 0 Å². The Morgan fingerprint density at radius 3 is 2.50 bits per heavy atom. The van der Waals surface area contributed by atoms with Crippen LogP contribution in [0, 0.1) is 0 Å². The van der Waals surface area contributed by atoms with Gasteiger partial charge in [0.1, 0.15) is 0 Å². The zero-order chi connectivity index (χ0) is 18.5. The Balaban J connectivity index is 1.53. The topological polar surface area (TPSA) is 49.4 Å². The summed E-state index contributed by atoms with van der Waals surface area (Å²) >= 11 is 9.26. The quantitative estimate of drug-likeness (QED) is 0.747. The molecule has 1 atom stereocenters. The molecule has 2 aromatic carbocycles. The number of likely N-dealkylation sites (tertiary alicyclic amines) is 1. The molecule has 1 aliphatic heterocycles. The maximum absolute atomic E-state index is 12.6. The second-order valence-electron chi connectivity index (χ2n) is 6.31. The average molecular weight is 436 g/mol. The maximum Gasteiger partial charge on any atom is 0.251 e. The first kappa shape index (κ1) is 18.9. The maximum atomic E-state index is 12.6. The molecule has 1 heterocycles. The van der Waals surface area contributed by atoms with E-state index < -0.39 is 0 Å². The number of hydrogen-bond acceptors (Lipinski definition) is 2. The molecular formula is C20H20BrClN2O2. The van der Waals surface area contributed by atoms with Gasteiger partial charge in [0.2, 0.25) is 5.91 Å². The van der Waals surface area contributed by atoms with Crippen LogP contribution in [0.3, 0.4) is 0 Å². The minimum absolute atomic E-state index is 0.0758. The molecule has 3 rings (SSSR count). The van der Waals surface area contributed by atoms with E-state index in [1.54, 1.807) is 24.3 Å². The Hall–Kier alpha value is -1.85. The Kier molecular flexibility index (Phi) is 6.33. The largest absolute Gasteiger partial charge is 0.352 e. The SMILES string of the molecule is O=C(NCCC(=O)N1CCCC1c1ccc(Br)cc1)c1ccc(Cl)cc1. The lowest BCUT2D eigenvalue weighted by molar-refractivity contribution is -0.132. The molecular weight excluding hydrogens is 416 g/mol. The minimum atomic E-state index is -0.194. The Labute approximate surface area is 166 Å². The minimum Gasteiger partial charge on any atom is -0.352 e. The van der Waals surface area contributed by atoms with E-state index >= 15 is 0 Å². The number of nitrogens with zero attached hydrogens (tertiary/aromatic N) is 1. The fraction of sp³-hybridized carbons (Fsp3) is 0.300. The average Bonchev–Trinajstić information content (AvgIpc) is 3.12. The van der Waals surface area contributed by atoms with Crippen LogP contribution < -0.4 is 5.32 Å². The molecule has 4 nitrogen and oxygen atoms in total. The van der Waals surface area contributed by atoms with E-state index in [4.69, 9.17) is 11.6 Å². The van der Waals surface area contributed by atoms with Crippen LogP contribution in [0.15, 0.2) is 53.0 Å². The van der Waals surface area contributed by atoms with Gasteiger partial charge in [-0.15, -0.1) is 0 Å². The van der Waals surface area contributed by atoms with Gasteiger partial charge in [-0.1, -0.05) is 39.7 Å². The van der Waals surface area contributed by atoms with Gasteiger partial charge < -0.3 is 10.2 Å². The van der Waals surface area contributed by atoms with Crippen molar-refractivity contribution >= 4 is 39.3 Å². The summed E-state index contributed by atoms with van der Waals surface area (Å²) in [5.74, 6) is -0.118. The molecule has 1 fully saturated rings. The monoisotopic (exact) mass is 434 g/mol. The van der Waals surface area contributed by atoms with Crippen LogP contribution in [0.4, 0.5) is 0 Å². The number of carbonyl (C=O) groups is 2. The molecule has 1 N–H and O–H groups in total. The standard InChI is InChI=1S/C20H20BrClN2O2/c21-16-7-3-14(4-8-16)18-2-1-13-24(18)19(25)11-12-23-20(26)15-5-9-17(22)10-6-15/h3-10,18H,1-2,11-13H2,(H,23,26). The smallest absolute Gasteiger partial charge is 0.251 e. The van der Waals surface area contributed by atoms with Crippen molar-refractivity contribution in [3.05, 3.63) is 69.2 Å². The summed E-state index contributed by atoms with van der Waals surface area (Å²) in [7, 11) is 0. The van der Waals surface area contributed by atoms with Crippen LogP contribution >= 0.6 is 27.5 Å². The van der Waals surface area contributed by atoms with E-state index in [2.05, 4.69) is 33.4 Å². The van der Waals surface area contributed by atoms with E-state index in [-0.39, 0.29) is 17.9 Å². The first-order valence-corrected chi connectivity index (χ1v) is 9.80. The molecule has 0 radical (unpaired) electrons. The normalized spacial score (nSPS) is 16.5. The highest BCUT2D eigenvalue weighted by molar-refractivity contribution is 9.10. The van der Waals surface area contributed by atoms with Gasteiger partial charge in [0.05, 0.1) is 6.04 Å². The molecule has 1 unspecified atom stereocenters. The van der Waals surface area contributed by atoms with Gasteiger partial charge in [0.25, 0.3) is 5.91 Å². The molecule has 0 saturated carbocycles. The predicted molar refractivity (Wildman–Crippen MR) is 106 cm³/mol. The van der Waals surface area contributed by atoms with Gasteiger partial charge in [0.15, 0.2) is 0 Å². The van der Waals surface area contributed by atoms with E-state index in [1.165, 1.54) is 0 Å². The highest BCUT2D eigenvalue weighted by atomic mass is 79.9. The first-order valence-electron chi connectivity index (χ1n) is 8.63. The van der Waals surface area contributed by atoms with E-state index in [1.807, 2.05) is 17.0 Å². The van der Waals surface area contributed by atoms with Crippen molar-refractivity contribution in [2.45, 2.75) is 25.3 Å². The molecule has 136 valence electrons.